The van der Waals surface area contributed by atoms with Crippen LogP contribution < -0.4 is 0 Å². The van der Waals surface area contributed by atoms with Gasteiger partial charge < -0.3 is 0 Å². The summed E-state index contributed by atoms with van der Waals surface area (Å²) in [4.78, 5) is 4.55. The first-order chi connectivity index (χ1) is 11.6. The van der Waals surface area contributed by atoms with Gasteiger partial charge in [-0.15, -0.1) is 11.3 Å². The highest BCUT2D eigenvalue weighted by molar-refractivity contribution is 9.10. The Balaban J connectivity index is 1.94. The zero-order chi connectivity index (χ0) is 17.1. The number of hydrogen-bond acceptors (Lipinski definition) is 3. The Labute approximate surface area is 162 Å². The van der Waals surface area contributed by atoms with E-state index < -0.39 is 0 Å². The maximum absolute atomic E-state index is 9.46. The molecule has 0 aliphatic heterocycles. The molecule has 0 atom stereocenters. The Morgan fingerprint density at radius 3 is 2.54 bits per heavy atom. The standard InChI is InChI=1S/C18H9BrCl2N2S/c19-14-4-1-11(2-5-14)7-13(9-22)18-23-17(10-24-18)12-3-6-15(20)16(21)8-12/h1-8,10H/b13-7-. The minimum absolute atomic E-state index is 0.481. The summed E-state index contributed by atoms with van der Waals surface area (Å²) in [7, 11) is 0. The molecule has 2 aromatic carbocycles. The Bertz CT molecular complexity index is 956. The fourth-order valence-corrected chi connectivity index (χ4v) is 3.41. The topological polar surface area (TPSA) is 36.7 Å². The first-order valence-electron chi connectivity index (χ1n) is 6.85. The lowest BCUT2D eigenvalue weighted by Gasteiger charge is -1.99. The van der Waals surface area contributed by atoms with E-state index in [4.69, 9.17) is 23.2 Å². The summed E-state index contributed by atoms with van der Waals surface area (Å²) in [6.07, 6.45) is 1.82. The average molecular weight is 436 g/mol. The second-order valence-electron chi connectivity index (χ2n) is 4.89. The molecule has 0 saturated carbocycles. The molecule has 1 heterocycles. The summed E-state index contributed by atoms with van der Waals surface area (Å²) >= 11 is 16.8. The molecule has 24 heavy (non-hydrogen) atoms. The van der Waals surface area contributed by atoms with Gasteiger partial charge in [0.1, 0.15) is 11.1 Å². The Morgan fingerprint density at radius 2 is 1.88 bits per heavy atom. The number of allylic oxidation sites excluding steroid dienone is 1. The van der Waals surface area contributed by atoms with Crippen molar-refractivity contribution in [1.29, 1.82) is 5.26 Å². The minimum atomic E-state index is 0.481. The van der Waals surface area contributed by atoms with Crippen molar-refractivity contribution in [2.75, 3.05) is 0 Å². The molecule has 0 amide bonds. The third-order valence-corrected chi connectivity index (χ3v) is 5.39. The normalized spacial score (nSPS) is 11.3. The molecule has 0 fully saturated rings. The molecule has 0 saturated heterocycles. The van der Waals surface area contributed by atoms with E-state index in [1.54, 1.807) is 12.1 Å². The van der Waals surface area contributed by atoms with Gasteiger partial charge >= 0.3 is 0 Å². The molecule has 0 bridgehead atoms. The molecule has 3 rings (SSSR count). The fraction of sp³-hybridized carbons (Fsp3) is 0. The number of nitriles is 1. The summed E-state index contributed by atoms with van der Waals surface area (Å²) in [6.45, 7) is 0. The van der Waals surface area contributed by atoms with Gasteiger partial charge in [-0.3, -0.25) is 0 Å². The number of halogens is 3. The number of nitrogens with zero attached hydrogens (tertiary/aromatic N) is 2. The van der Waals surface area contributed by atoms with Gasteiger partial charge in [-0.05, 0) is 35.9 Å². The maximum Gasteiger partial charge on any atom is 0.134 e. The van der Waals surface area contributed by atoms with E-state index in [2.05, 4.69) is 27.0 Å². The van der Waals surface area contributed by atoms with Crippen LogP contribution in [0.25, 0.3) is 22.9 Å². The van der Waals surface area contributed by atoms with Crippen LogP contribution in [0, 0.1) is 11.3 Å². The number of aromatic nitrogens is 1. The van der Waals surface area contributed by atoms with E-state index >= 15 is 0 Å². The molecule has 3 aromatic rings. The molecule has 0 spiro atoms. The Morgan fingerprint density at radius 1 is 1.12 bits per heavy atom. The number of thiazole rings is 1. The van der Waals surface area contributed by atoms with Crippen molar-refractivity contribution in [2.45, 2.75) is 0 Å². The van der Waals surface area contributed by atoms with Crippen molar-refractivity contribution in [3.63, 3.8) is 0 Å². The quantitative estimate of drug-likeness (QED) is 0.417. The smallest absolute Gasteiger partial charge is 0.134 e. The van der Waals surface area contributed by atoms with Gasteiger partial charge in [0.15, 0.2) is 0 Å². The predicted molar refractivity (Wildman–Crippen MR) is 105 cm³/mol. The molecule has 2 nitrogen and oxygen atoms in total. The zero-order valence-corrected chi connectivity index (χ0v) is 16.0. The van der Waals surface area contributed by atoms with Gasteiger partial charge in [0.05, 0.1) is 21.3 Å². The predicted octanol–water partition coefficient (Wildman–Crippen LogP) is 6.94. The summed E-state index contributed by atoms with van der Waals surface area (Å²) in [5.41, 5.74) is 3.10. The van der Waals surface area contributed by atoms with Crippen LogP contribution in [0.5, 0.6) is 0 Å². The van der Waals surface area contributed by atoms with Crippen molar-refractivity contribution >= 4 is 62.1 Å². The van der Waals surface area contributed by atoms with Crippen LogP contribution in [0.15, 0.2) is 52.3 Å². The Kier molecular flexibility index (Phi) is 5.37. The monoisotopic (exact) mass is 434 g/mol. The SMILES string of the molecule is N#C/C(=C/c1ccc(Br)cc1)c1nc(-c2ccc(Cl)c(Cl)c2)cs1. The fourth-order valence-electron chi connectivity index (χ4n) is 2.05. The van der Waals surface area contributed by atoms with E-state index in [-0.39, 0.29) is 0 Å². The third kappa shape index (κ3) is 3.88. The van der Waals surface area contributed by atoms with Crippen molar-refractivity contribution in [3.05, 3.63) is 72.9 Å². The van der Waals surface area contributed by atoms with E-state index in [9.17, 15) is 5.26 Å². The number of rotatable bonds is 3. The lowest BCUT2D eigenvalue weighted by atomic mass is 10.1. The summed E-state index contributed by atoms with van der Waals surface area (Å²) in [5, 5.41) is 13.0. The highest BCUT2D eigenvalue weighted by atomic mass is 79.9. The van der Waals surface area contributed by atoms with Crippen LogP contribution in [-0.4, -0.2) is 4.98 Å². The molecule has 0 aliphatic rings. The molecule has 6 heteroatoms. The Hall–Kier alpha value is -1.64. The largest absolute Gasteiger partial charge is 0.235 e. The van der Waals surface area contributed by atoms with Crippen LogP contribution in [0.1, 0.15) is 10.6 Å². The van der Waals surface area contributed by atoms with E-state index in [1.807, 2.05) is 41.8 Å². The molecule has 118 valence electrons. The summed E-state index contributed by atoms with van der Waals surface area (Å²) in [5.74, 6) is 0. The van der Waals surface area contributed by atoms with Gasteiger partial charge in [0.25, 0.3) is 0 Å². The van der Waals surface area contributed by atoms with Crippen molar-refractivity contribution in [3.8, 4) is 17.3 Å². The van der Waals surface area contributed by atoms with Crippen LogP contribution in [0.2, 0.25) is 10.0 Å². The van der Waals surface area contributed by atoms with E-state index in [1.165, 1.54) is 11.3 Å². The van der Waals surface area contributed by atoms with E-state index in [0.29, 0.717) is 20.6 Å². The minimum Gasteiger partial charge on any atom is -0.235 e. The van der Waals surface area contributed by atoms with Crippen molar-refractivity contribution in [1.82, 2.24) is 4.98 Å². The van der Waals surface area contributed by atoms with Crippen LogP contribution >= 0.6 is 50.5 Å². The van der Waals surface area contributed by atoms with Crippen molar-refractivity contribution in [2.24, 2.45) is 0 Å². The van der Waals surface area contributed by atoms with Gasteiger partial charge in [-0.2, -0.15) is 5.26 Å². The first kappa shape index (κ1) is 17.2. The van der Waals surface area contributed by atoms with Crippen LogP contribution in [0.4, 0.5) is 0 Å². The lowest BCUT2D eigenvalue weighted by molar-refractivity contribution is 1.37. The first-order valence-corrected chi connectivity index (χ1v) is 9.28. The average Bonchev–Trinajstić information content (AvgIpc) is 3.06. The lowest BCUT2D eigenvalue weighted by Crippen LogP contribution is -1.83. The molecule has 1 aromatic heterocycles. The summed E-state index contributed by atoms with van der Waals surface area (Å²) in [6, 6.07) is 15.3. The van der Waals surface area contributed by atoms with E-state index in [0.717, 1.165) is 21.3 Å². The van der Waals surface area contributed by atoms with Gasteiger partial charge in [-0.25, -0.2) is 4.98 Å². The molecule has 0 N–H and O–H groups in total. The third-order valence-electron chi connectivity index (χ3n) is 3.25. The molecular formula is C18H9BrCl2N2S. The highest BCUT2D eigenvalue weighted by Gasteiger charge is 2.10. The maximum atomic E-state index is 9.46. The van der Waals surface area contributed by atoms with Crippen molar-refractivity contribution < 1.29 is 0 Å². The molecular weight excluding hydrogens is 427 g/mol. The van der Waals surface area contributed by atoms with Crippen LogP contribution in [-0.2, 0) is 0 Å². The van der Waals surface area contributed by atoms with Gasteiger partial charge in [0, 0.05) is 15.4 Å². The highest BCUT2D eigenvalue weighted by Crippen LogP contribution is 2.31. The summed E-state index contributed by atoms with van der Waals surface area (Å²) < 4.78 is 0.995. The zero-order valence-electron chi connectivity index (χ0n) is 12.1. The van der Waals surface area contributed by atoms with Gasteiger partial charge in [-0.1, -0.05) is 57.3 Å². The second-order valence-corrected chi connectivity index (χ2v) is 7.48. The second kappa shape index (κ2) is 7.50. The molecule has 0 aliphatic carbocycles. The van der Waals surface area contributed by atoms with Gasteiger partial charge in [0.2, 0.25) is 0 Å². The van der Waals surface area contributed by atoms with Crippen LogP contribution in [0.3, 0.4) is 0 Å². The molecule has 0 radical (unpaired) electrons. The number of hydrogen-bond donors (Lipinski definition) is 0. The number of benzene rings is 2. The molecule has 0 unspecified atom stereocenters.